The normalized spacial score (nSPS) is 10.9. The van der Waals surface area contributed by atoms with Crippen molar-refractivity contribution in [3.8, 4) is 5.69 Å². The van der Waals surface area contributed by atoms with Gasteiger partial charge < -0.3 is 10.1 Å². The molecular formula is C22H20FN3O3. The molecule has 0 aliphatic heterocycles. The summed E-state index contributed by atoms with van der Waals surface area (Å²) in [5.41, 5.74) is 3.65. The monoisotopic (exact) mass is 393 g/mol. The summed E-state index contributed by atoms with van der Waals surface area (Å²) in [6.45, 7) is 3.29. The highest BCUT2D eigenvalue weighted by Crippen LogP contribution is 2.19. The molecule has 0 unspecified atom stereocenters. The maximum atomic E-state index is 13.1. The first kappa shape index (κ1) is 20.0. The van der Waals surface area contributed by atoms with E-state index >= 15 is 0 Å². The Hall–Kier alpha value is -3.74. The number of aromatic nitrogens is 2. The van der Waals surface area contributed by atoms with Crippen LogP contribution in [0.5, 0.6) is 0 Å². The van der Waals surface area contributed by atoms with Crippen LogP contribution in [-0.2, 0) is 14.3 Å². The molecule has 7 heteroatoms. The number of hydrogen-bond acceptors (Lipinski definition) is 4. The van der Waals surface area contributed by atoms with Gasteiger partial charge >= 0.3 is 5.97 Å². The number of esters is 1. The molecule has 0 aliphatic rings. The van der Waals surface area contributed by atoms with Gasteiger partial charge in [-0.1, -0.05) is 24.3 Å². The summed E-state index contributed by atoms with van der Waals surface area (Å²) in [5, 5.41) is 6.96. The highest BCUT2D eigenvalue weighted by molar-refractivity contribution is 5.94. The van der Waals surface area contributed by atoms with Gasteiger partial charge in [0.25, 0.3) is 5.91 Å². The van der Waals surface area contributed by atoms with Gasteiger partial charge in [0.2, 0.25) is 0 Å². The molecule has 0 saturated carbocycles. The van der Waals surface area contributed by atoms with Crippen molar-refractivity contribution in [1.82, 2.24) is 9.78 Å². The summed E-state index contributed by atoms with van der Waals surface area (Å²) in [6.07, 6.45) is 2.87. The van der Waals surface area contributed by atoms with Gasteiger partial charge in [-0.05, 0) is 50.3 Å². The summed E-state index contributed by atoms with van der Waals surface area (Å²) in [7, 11) is 0. The van der Waals surface area contributed by atoms with Crippen molar-refractivity contribution in [2.45, 2.75) is 13.8 Å². The molecule has 29 heavy (non-hydrogen) atoms. The van der Waals surface area contributed by atoms with Gasteiger partial charge in [0.1, 0.15) is 5.82 Å². The van der Waals surface area contributed by atoms with E-state index in [1.165, 1.54) is 24.3 Å². The van der Waals surface area contributed by atoms with Crippen LogP contribution in [0.15, 0.2) is 60.7 Å². The number of nitrogens with zero attached hydrogens (tertiary/aromatic N) is 2. The van der Waals surface area contributed by atoms with Crippen LogP contribution in [0, 0.1) is 19.7 Å². The molecule has 0 atom stereocenters. The maximum absolute atomic E-state index is 13.1. The Balaban J connectivity index is 1.59. The number of anilines is 1. The zero-order valence-electron chi connectivity index (χ0n) is 16.1. The second-order valence-electron chi connectivity index (χ2n) is 6.33. The summed E-state index contributed by atoms with van der Waals surface area (Å²) < 4.78 is 19.9. The van der Waals surface area contributed by atoms with Crippen molar-refractivity contribution in [2.24, 2.45) is 0 Å². The molecule has 3 aromatic rings. The van der Waals surface area contributed by atoms with Gasteiger partial charge in [-0.15, -0.1) is 0 Å². The van der Waals surface area contributed by atoms with Gasteiger partial charge in [-0.25, -0.2) is 13.9 Å². The molecule has 1 heterocycles. The summed E-state index contributed by atoms with van der Waals surface area (Å²) in [5.74, 6) is -1.68. The number of rotatable bonds is 6. The average Bonchev–Trinajstić information content (AvgIpc) is 2.99. The quantitative estimate of drug-likeness (QED) is 0.510. The average molecular weight is 393 g/mol. The zero-order valence-corrected chi connectivity index (χ0v) is 16.1. The van der Waals surface area contributed by atoms with Crippen molar-refractivity contribution in [2.75, 3.05) is 11.9 Å². The third kappa shape index (κ3) is 5.16. The smallest absolute Gasteiger partial charge is 0.331 e. The molecule has 0 radical (unpaired) electrons. The van der Waals surface area contributed by atoms with Crippen molar-refractivity contribution >= 4 is 23.6 Å². The predicted octanol–water partition coefficient (Wildman–Crippen LogP) is 3.82. The van der Waals surface area contributed by atoms with E-state index < -0.39 is 24.3 Å². The summed E-state index contributed by atoms with van der Waals surface area (Å²) in [4.78, 5) is 23.8. The minimum absolute atomic E-state index is 0.293. The zero-order chi connectivity index (χ0) is 20.8. The number of benzene rings is 2. The van der Waals surface area contributed by atoms with E-state index in [0.717, 1.165) is 22.6 Å². The molecule has 0 saturated heterocycles. The Kier molecular flexibility index (Phi) is 6.19. The molecule has 1 amide bonds. The van der Waals surface area contributed by atoms with Crippen LogP contribution >= 0.6 is 0 Å². The molecule has 0 fully saturated rings. The van der Waals surface area contributed by atoms with Gasteiger partial charge in [0.15, 0.2) is 6.61 Å². The van der Waals surface area contributed by atoms with Crippen LogP contribution in [0.25, 0.3) is 11.8 Å². The van der Waals surface area contributed by atoms with E-state index in [4.69, 9.17) is 4.74 Å². The first-order valence-corrected chi connectivity index (χ1v) is 8.96. The fourth-order valence-electron chi connectivity index (χ4n) is 2.82. The molecule has 148 valence electrons. The number of carbonyl (C=O) groups is 2. The van der Waals surface area contributed by atoms with Crippen molar-refractivity contribution < 1.29 is 18.7 Å². The molecular weight excluding hydrogens is 373 g/mol. The van der Waals surface area contributed by atoms with Gasteiger partial charge in [0, 0.05) is 23.0 Å². The third-order valence-corrected chi connectivity index (χ3v) is 4.19. The van der Waals surface area contributed by atoms with Crippen LogP contribution in [0.4, 0.5) is 10.1 Å². The Morgan fingerprint density at radius 1 is 1.14 bits per heavy atom. The fourth-order valence-corrected chi connectivity index (χ4v) is 2.82. The lowest BCUT2D eigenvalue weighted by molar-refractivity contribution is -0.142. The first-order chi connectivity index (χ1) is 13.9. The second kappa shape index (κ2) is 8.97. The van der Waals surface area contributed by atoms with Crippen LogP contribution < -0.4 is 5.32 Å². The first-order valence-electron chi connectivity index (χ1n) is 8.96. The largest absolute Gasteiger partial charge is 0.452 e. The van der Waals surface area contributed by atoms with Crippen molar-refractivity contribution in [1.29, 1.82) is 0 Å². The minimum Gasteiger partial charge on any atom is -0.452 e. The molecule has 6 nitrogen and oxygen atoms in total. The molecule has 0 spiro atoms. The molecule has 1 N–H and O–H groups in total. The van der Waals surface area contributed by atoms with Crippen LogP contribution in [0.2, 0.25) is 0 Å². The van der Waals surface area contributed by atoms with Gasteiger partial charge in [-0.3, -0.25) is 4.79 Å². The van der Waals surface area contributed by atoms with E-state index in [0.29, 0.717) is 5.69 Å². The number of halogens is 1. The van der Waals surface area contributed by atoms with Crippen molar-refractivity contribution in [3.05, 3.63) is 83.4 Å². The summed E-state index contributed by atoms with van der Waals surface area (Å²) in [6, 6.07) is 15.1. The number of amides is 1. The van der Waals surface area contributed by atoms with E-state index in [-0.39, 0.29) is 0 Å². The topological polar surface area (TPSA) is 73.2 Å². The van der Waals surface area contributed by atoms with Gasteiger partial charge in [-0.2, -0.15) is 5.10 Å². The van der Waals surface area contributed by atoms with Crippen LogP contribution in [0.1, 0.15) is 17.0 Å². The van der Waals surface area contributed by atoms with Gasteiger partial charge in [0.05, 0.1) is 11.4 Å². The SMILES string of the molecule is Cc1nn(-c2ccccc2)c(C)c1/C=C/C(=O)OCC(=O)Nc1cccc(F)c1. The second-order valence-corrected chi connectivity index (χ2v) is 6.33. The maximum Gasteiger partial charge on any atom is 0.331 e. The third-order valence-electron chi connectivity index (χ3n) is 4.19. The lowest BCUT2D eigenvalue weighted by Gasteiger charge is -2.05. The lowest BCUT2D eigenvalue weighted by atomic mass is 10.2. The number of aryl methyl sites for hydroxylation is 1. The van der Waals surface area contributed by atoms with E-state index in [2.05, 4.69) is 10.4 Å². The number of para-hydroxylation sites is 1. The number of hydrogen-bond donors (Lipinski definition) is 1. The Morgan fingerprint density at radius 2 is 1.90 bits per heavy atom. The molecule has 3 rings (SSSR count). The molecule has 0 aliphatic carbocycles. The highest BCUT2D eigenvalue weighted by atomic mass is 19.1. The minimum atomic E-state index is -0.661. The van der Waals surface area contributed by atoms with E-state index in [1.807, 2.05) is 44.2 Å². The van der Waals surface area contributed by atoms with Crippen molar-refractivity contribution in [3.63, 3.8) is 0 Å². The fraction of sp³-hybridized carbons (Fsp3) is 0.136. The summed E-state index contributed by atoms with van der Waals surface area (Å²) >= 11 is 0. The van der Waals surface area contributed by atoms with E-state index in [1.54, 1.807) is 16.8 Å². The Labute approximate surface area is 167 Å². The molecule has 1 aromatic heterocycles. The number of nitrogens with one attached hydrogen (secondary N) is 1. The number of ether oxygens (including phenoxy) is 1. The van der Waals surface area contributed by atoms with Crippen LogP contribution in [0.3, 0.4) is 0 Å². The molecule has 2 aromatic carbocycles. The lowest BCUT2D eigenvalue weighted by Crippen LogP contribution is -2.20. The molecule has 0 bridgehead atoms. The standard InChI is InChI=1S/C22H20FN3O3/c1-15-20(16(2)26(25-15)19-9-4-3-5-10-19)11-12-22(28)29-14-21(27)24-18-8-6-7-17(23)13-18/h3-13H,14H2,1-2H3,(H,24,27)/b12-11+. The predicted molar refractivity (Wildman–Crippen MR) is 108 cm³/mol. The number of carbonyl (C=O) groups excluding carboxylic acids is 2. The Morgan fingerprint density at radius 3 is 2.62 bits per heavy atom. The van der Waals surface area contributed by atoms with Crippen LogP contribution in [-0.4, -0.2) is 28.3 Å². The highest BCUT2D eigenvalue weighted by Gasteiger charge is 2.11. The Bertz CT molecular complexity index is 1060. The van der Waals surface area contributed by atoms with E-state index in [9.17, 15) is 14.0 Å².